The SMILES string of the molecule is CCC(CC)NCC(C)N(CC(F)(F)F)C1CC1. The normalized spacial score (nSPS) is 18.7. The van der Waals surface area contributed by atoms with E-state index in [1.165, 1.54) is 0 Å². The molecule has 0 aromatic rings. The molecule has 0 saturated heterocycles. The summed E-state index contributed by atoms with van der Waals surface area (Å²) >= 11 is 0. The molecule has 0 amide bonds. The molecule has 108 valence electrons. The number of nitrogens with one attached hydrogen (secondary N) is 1. The van der Waals surface area contributed by atoms with Crippen molar-refractivity contribution in [3.05, 3.63) is 0 Å². The van der Waals surface area contributed by atoms with Gasteiger partial charge in [-0.25, -0.2) is 0 Å². The first-order chi connectivity index (χ1) is 8.37. The maximum atomic E-state index is 12.5. The molecule has 1 aliphatic rings. The summed E-state index contributed by atoms with van der Waals surface area (Å²) in [6.45, 7) is 5.95. The molecule has 0 radical (unpaired) electrons. The first-order valence-corrected chi connectivity index (χ1v) is 6.93. The van der Waals surface area contributed by atoms with Crippen molar-refractivity contribution in [3.63, 3.8) is 0 Å². The van der Waals surface area contributed by atoms with Gasteiger partial charge in [-0.15, -0.1) is 0 Å². The van der Waals surface area contributed by atoms with E-state index in [4.69, 9.17) is 0 Å². The second kappa shape index (κ2) is 6.75. The molecule has 0 aromatic heterocycles. The zero-order chi connectivity index (χ0) is 13.8. The first kappa shape index (κ1) is 15.8. The van der Waals surface area contributed by atoms with E-state index in [0.717, 1.165) is 25.7 Å². The van der Waals surface area contributed by atoms with Gasteiger partial charge >= 0.3 is 6.18 Å². The Morgan fingerprint density at radius 3 is 2.17 bits per heavy atom. The topological polar surface area (TPSA) is 15.3 Å². The van der Waals surface area contributed by atoms with E-state index in [0.29, 0.717) is 12.6 Å². The van der Waals surface area contributed by atoms with Crippen molar-refractivity contribution >= 4 is 0 Å². The molecule has 1 atom stereocenters. The third kappa shape index (κ3) is 5.57. The molecule has 0 bridgehead atoms. The molecular weight excluding hydrogens is 241 g/mol. The Bertz CT molecular complexity index is 235. The molecule has 1 saturated carbocycles. The van der Waals surface area contributed by atoms with Gasteiger partial charge in [0.05, 0.1) is 6.54 Å². The lowest BCUT2D eigenvalue weighted by molar-refractivity contribution is -0.151. The molecule has 2 nitrogen and oxygen atoms in total. The molecule has 5 heteroatoms. The zero-order valence-electron chi connectivity index (χ0n) is 11.6. The summed E-state index contributed by atoms with van der Waals surface area (Å²) in [6, 6.07) is 0.504. The van der Waals surface area contributed by atoms with Crippen molar-refractivity contribution in [1.82, 2.24) is 10.2 Å². The van der Waals surface area contributed by atoms with Crippen LogP contribution in [0.15, 0.2) is 0 Å². The molecule has 1 aliphatic carbocycles. The van der Waals surface area contributed by atoms with E-state index in [9.17, 15) is 13.2 Å². The van der Waals surface area contributed by atoms with Crippen LogP contribution in [-0.4, -0.2) is 42.3 Å². The van der Waals surface area contributed by atoms with Crippen molar-refractivity contribution < 1.29 is 13.2 Å². The Kier molecular flexibility index (Phi) is 5.92. The molecule has 1 unspecified atom stereocenters. The van der Waals surface area contributed by atoms with E-state index in [-0.39, 0.29) is 12.1 Å². The predicted molar refractivity (Wildman–Crippen MR) is 67.6 cm³/mol. The Morgan fingerprint density at radius 1 is 1.22 bits per heavy atom. The van der Waals surface area contributed by atoms with Crippen LogP contribution in [0.2, 0.25) is 0 Å². The third-order valence-electron chi connectivity index (χ3n) is 3.63. The number of rotatable bonds is 8. The summed E-state index contributed by atoms with van der Waals surface area (Å²) in [7, 11) is 0. The summed E-state index contributed by atoms with van der Waals surface area (Å²) in [6.07, 6.45) is -0.236. The van der Waals surface area contributed by atoms with Gasteiger partial charge in [-0.05, 0) is 32.6 Å². The van der Waals surface area contributed by atoms with Crippen molar-refractivity contribution in [1.29, 1.82) is 0 Å². The minimum Gasteiger partial charge on any atom is -0.312 e. The van der Waals surface area contributed by atoms with Crippen molar-refractivity contribution in [2.24, 2.45) is 0 Å². The summed E-state index contributed by atoms with van der Waals surface area (Å²) in [5.41, 5.74) is 0. The number of alkyl halides is 3. The van der Waals surface area contributed by atoms with Crippen LogP contribution in [0.1, 0.15) is 46.5 Å². The number of hydrogen-bond donors (Lipinski definition) is 1. The Balaban J connectivity index is 2.42. The summed E-state index contributed by atoms with van der Waals surface area (Å²) in [5, 5.41) is 3.36. The second-order valence-electron chi connectivity index (χ2n) is 5.29. The summed E-state index contributed by atoms with van der Waals surface area (Å²) in [5.74, 6) is 0. The maximum absolute atomic E-state index is 12.5. The fourth-order valence-electron chi connectivity index (χ4n) is 2.29. The Morgan fingerprint density at radius 2 is 1.78 bits per heavy atom. The third-order valence-corrected chi connectivity index (χ3v) is 3.63. The van der Waals surface area contributed by atoms with Crippen LogP contribution < -0.4 is 5.32 Å². The summed E-state index contributed by atoms with van der Waals surface area (Å²) in [4.78, 5) is 1.61. The monoisotopic (exact) mass is 266 g/mol. The van der Waals surface area contributed by atoms with Crippen LogP contribution in [0, 0.1) is 0 Å². The van der Waals surface area contributed by atoms with Crippen LogP contribution in [0.4, 0.5) is 13.2 Å². The van der Waals surface area contributed by atoms with Gasteiger partial charge in [0.1, 0.15) is 0 Å². The lowest BCUT2D eigenvalue weighted by Crippen LogP contribution is -2.47. The maximum Gasteiger partial charge on any atom is 0.401 e. The van der Waals surface area contributed by atoms with E-state index < -0.39 is 12.7 Å². The van der Waals surface area contributed by atoms with Gasteiger partial charge in [-0.1, -0.05) is 13.8 Å². The van der Waals surface area contributed by atoms with Crippen LogP contribution in [-0.2, 0) is 0 Å². The average Bonchev–Trinajstić information content (AvgIpc) is 3.09. The molecule has 0 spiro atoms. The molecule has 0 heterocycles. The van der Waals surface area contributed by atoms with Gasteiger partial charge in [0.2, 0.25) is 0 Å². The second-order valence-corrected chi connectivity index (χ2v) is 5.29. The largest absolute Gasteiger partial charge is 0.401 e. The summed E-state index contributed by atoms with van der Waals surface area (Å²) < 4.78 is 37.6. The molecule has 0 aliphatic heterocycles. The molecule has 1 rings (SSSR count). The quantitative estimate of drug-likeness (QED) is 0.726. The van der Waals surface area contributed by atoms with Gasteiger partial charge in [0.25, 0.3) is 0 Å². The highest BCUT2D eigenvalue weighted by molar-refractivity contribution is 4.89. The van der Waals surface area contributed by atoms with Crippen LogP contribution in [0.5, 0.6) is 0 Å². The highest BCUT2D eigenvalue weighted by Crippen LogP contribution is 2.31. The van der Waals surface area contributed by atoms with Crippen LogP contribution in [0.3, 0.4) is 0 Å². The van der Waals surface area contributed by atoms with Gasteiger partial charge < -0.3 is 5.32 Å². The first-order valence-electron chi connectivity index (χ1n) is 6.93. The van der Waals surface area contributed by atoms with Crippen molar-refractivity contribution in [2.45, 2.75) is 70.8 Å². The van der Waals surface area contributed by atoms with Crippen LogP contribution >= 0.6 is 0 Å². The Labute approximate surface area is 108 Å². The fourth-order valence-corrected chi connectivity index (χ4v) is 2.29. The molecule has 18 heavy (non-hydrogen) atoms. The number of halogens is 3. The molecule has 1 fully saturated rings. The molecule has 0 aromatic carbocycles. The van der Waals surface area contributed by atoms with Gasteiger partial charge in [-0.3, -0.25) is 4.90 Å². The van der Waals surface area contributed by atoms with Crippen molar-refractivity contribution in [3.8, 4) is 0 Å². The highest BCUT2D eigenvalue weighted by Gasteiger charge is 2.40. The van der Waals surface area contributed by atoms with Gasteiger partial charge in [-0.2, -0.15) is 13.2 Å². The van der Waals surface area contributed by atoms with E-state index in [1.807, 2.05) is 6.92 Å². The van der Waals surface area contributed by atoms with Gasteiger partial charge in [0, 0.05) is 24.7 Å². The van der Waals surface area contributed by atoms with Gasteiger partial charge in [0.15, 0.2) is 0 Å². The van der Waals surface area contributed by atoms with E-state index in [2.05, 4.69) is 19.2 Å². The number of nitrogens with zero attached hydrogens (tertiary/aromatic N) is 1. The van der Waals surface area contributed by atoms with E-state index in [1.54, 1.807) is 4.90 Å². The van der Waals surface area contributed by atoms with Crippen molar-refractivity contribution in [2.75, 3.05) is 13.1 Å². The zero-order valence-corrected chi connectivity index (χ0v) is 11.6. The van der Waals surface area contributed by atoms with E-state index >= 15 is 0 Å². The van der Waals surface area contributed by atoms with Crippen LogP contribution in [0.25, 0.3) is 0 Å². The minimum atomic E-state index is -4.09. The average molecular weight is 266 g/mol. The predicted octanol–water partition coefficient (Wildman–Crippen LogP) is 3.18. The molecular formula is C13H25F3N2. The Hall–Kier alpha value is -0.290. The number of hydrogen-bond acceptors (Lipinski definition) is 2. The minimum absolute atomic E-state index is 0.0558. The lowest BCUT2D eigenvalue weighted by atomic mass is 10.1. The smallest absolute Gasteiger partial charge is 0.312 e. The highest BCUT2D eigenvalue weighted by atomic mass is 19.4. The fraction of sp³-hybridized carbons (Fsp3) is 1.00. The standard InChI is InChI=1S/C13H25F3N2/c1-4-11(5-2)17-8-10(3)18(12-6-7-12)9-13(14,15)16/h10-12,17H,4-9H2,1-3H3. The lowest BCUT2D eigenvalue weighted by Gasteiger charge is -2.31. The molecule has 1 N–H and O–H groups in total.